The van der Waals surface area contributed by atoms with Crippen LogP contribution in [0, 0.1) is 5.82 Å². The van der Waals surface area contributed by atoms with Gasteiger partial charge in [-0.1, -0.05) is 24.3 Å². The highest BCUT2D eigenvalue weighted by Crippen LogP contribution is 2.35. The highest BCUT2D eigenvalue weighted by atomic mass is 19.1. The largest absolute Gasteiger partial charge is 0.425 e. The van der Waals surface area contributed by atoms with E-state index in [0.717, 1.165) is 28.5 Å². The molecule has 2 heterocycles. The van der Waals surface area contributed by atoms with Crippen molar-refractivity contribution in [2.24, 2.45) is 0 Å². The first-order valence-corrected chi connectivity index (χ1v) is 7.29. The van der Waals surface area contributed by atoms with Gasteiger partial charge >= 0.3 is 5.56 Å². The van der Waals surface area contributed by atoms with Gasteiger partial charge in [-0.2, -0.15) is 4.73 Å². The summed E-state index contributed by atoms with van der Waals surface area (Å²) < 4.78 is 13.5. The molecule has 1 atom stereocenters. The molecule has 3 aromatic rings. The second-order valence-corrected chi connectivity index (χ2v) is 5.65. The zero-order valence-corrected chi connectivity index (χ0v) is 12.1. The van der Waals surface area contributed by atoms with Crippen LogP contribution >= 0.6 is 0 Å². The van der Waals surface area contributed by atoms with Crippen LogP contribution in [0.2, 0.25) is 0 Å². The van der Waals surface area contributed by atoms with Gasteiger partial charge in [0.05, 0.1) is 0 Å². The van der Waals surface area contributed by atoms with Gasteiger partial charge < -0.3 is 5.21 Å². The van der Waals surface area contributed by atoms with Crippen LogP contribution in [0.3, 0.4) is 0 Å². The Kier molecular flexibility index (Phi) is 3.01. The van der Waals surface area contributed by atoms with Gasteiger partial charge in [-0.3, -0.25) is 4.79 Å². The Morgan fingerprint density at radius 3 is 2.78 bits per heavy atom. The average Bonchev–Trinajstić information content (AvgIpc) is 2.96. The third-order valence-corrected chi connectivity index (χ3v) is 4.25. The summed E-state index contributed by atoms with van der Waals surface area (Å²) in [5.41, 5.74) is 2.76. The number of pyridine rings is 2. The summed E-state index contributed by atoms with van der Waals surface area (Å²) in [5, 5.41) is 10.2. The molecule has 0 aliphatic heterocycles. The normalized spacial score (nSPS) is 16.0. The van der Waals surface area contributed by atoms with E-state index in [1.54, 1.807) is 24.4 Å². The number of benzene rings is 1. The van der Waals surface area contributed by atoms with E-state index in [4.69, 9.17) is 0 Å². The summed E-state index contributed by atoms with van der Waals surface area (Å²) in [5.74, 6) is -0.104. The molecular weight excluding hydrogens is 295 g/mol. The fraction of sp³-hybridized carbons (Fsp3) is 0.111. The van der Waals surface area contributed by atoms with Crippen LogP contribution in [0.1, 0.15) is 22.6 Å². The minimum atomic E-state index is -0.527. The van der Waals surface area contributed by atoms with E-state index in [9.17, 15) is 14.4 Å². The fourth-order valence-corrected chi connectivity index (χ4v) is 3.07. The van der Waals surface area contributed by atoms with E-state index in [2.05, 4.69) is 11.1 Å². The number of nitrogens with zero attached hydrogens (tertiary/aromatic N) is 2. The van der Waals surface area contributed by atoms with Crippen LogP contribution < -0.4 is 5.56 Å². The molecule has 0 spiro atoms. The molecule has 1 aliphatic rings. The number of aromatic nitrogens is 2. The lowest BCUT2D eigenvalue weighted by molar-refractivity contribution is 0.176. The zero-order valence-electron chi connectivity index (χ0n) is 12.1. The van der Waals surface area contributed by atoms with Gasteiger partial charge in [-0.25, -0.2) is 9.37 Å². The number of fused-ring (bicyclic) bond motifs is 3. The molecule has 1 unspecified atom stereocenters. The maximum absolute atomic E-state index is 13.0. The van der Waals surface area contributed by atoms with Gasteiger partial charge in [0.2, 0.25) is 0 Å². The SMILES string of the molecule is O=c1c2ncc3c(c2ccn1O)C=CC3Cc1ccc(F)cc1. The molecule has 4 nitrogen and oxygen atoms in total. The predicted octanol–water partition coefficient (Wildman–Crippen LogP) is 3.13. The van der Waals surface area contributed by atoms with Crippen molar-refractivity contribution in [3.8, 4) is 0 Å². The highest BCUT2D eigenvalue weighted by Gasteiger charge is 2.21. The van der Waals surface area contributed by atoms with Crippen LogP contribution in [0.4, 0.5) is 4.39 Å². The highest BCUT2D eigenvalue weighted by molar-refractivity contribution is 5.90. The third kappa shape index (κ3) is 2.21. The molecule has 0 saturated heterocycles. The Labute approximate surface area is 131 Å². The third-order valence-electron chi connectivity index (χ3n) is 4.25. The van der Waals surface area contributed by atoms with Crippen molar-refractivity contribution >= 4 is 17.0 Å². The van der Waals surface area contributed by atoms with Crippen LogP contribution in [0.5, 0.6) is 0 Å². The van der Waals surface area contributed by atoms with Crippen molar-refractivity contribution in [2.75, 3.05) is 0 Å². The summed E-state index contributed by atoms with van der Waals surface area (Å²) >= 11 is 0. The molecule has 5 heteroatoms. The number of hydrogen-bond donors (Lipinski definition) is 1. The van der Waals surface area contributed by atoms with E-state index in [1.807, 2.05) is 6.08 Å². The maximum Gasteiger partial charge on any atom is 0.309 e. The Morgan fingerprint density at radius 1 is 1.22 bits per heavy atom. The average molecular weight is 308 g/mol. The summed E-state index contributed by atoms with van der Waals surface area (Å²) in [6.07, 6.45) is 7.81. The number of allylic oxidation sites excluding steroid dienone is 1. The second kappa shape index (κ2) is 5.05. The van der Waals surface area contributed by atoms with Gasteiger partial charge in [-0.05, 0) is 41.3 Å². The molecule has 0 saturated carbocycles. The van der Waals surface area contributed by atoms with Crippen molar-refractivity contribution in [3.05, 3.63) is 81.7 Å². The maximum atomic E-state index is 13.0. The molecule has 2 aromatic heterocycles. The Balaban J connectivity index is 1.76. The topological polar surface area (TPSA) is 55.1 Å². The molecule has 0 radical (unpaired) electrons. The van der Waals surface area contributed by atoms with Crippen molar-refractivity contribution in [3.63, 3.8) is 0 Å². The van der Waals surface area contributed by atoms with Crippen molar-refractivity contribution in [1.82, 2.24) is 9.71 Å². The van der Waals surface area contributed by atoms with Gasteiger partial charge in [0.25, 0.3) is 0 Å². The zero-order chi connectivity index (χ0) is 16.0. The first-order valence-electron chi connectivity index (χ1n) is 7.29. The van der Waals surface area contributed by atoms with E-state index in [0.29, 0.717) is 4.73 Å². The number of halogens is 1. The van der Waals surface area contributed by atoms with Crippen LogP contribution in [0.25, 0.3) is 17.0 Å². The fourth-order valence-electron chi connectivity index (χ4n) is 3.07. The molecule has 23 heavy (non-hydrogen) atoms. The molecule has 0 amide bonds. The van der Waals surface area contributed by atoms with E-state index in [-0.39, 0.29) is 17.3 Å². The quantitative estimate of drug-likeness (QED) is 0.740. The Morgan fingerprint density at radius 2 is 2.00 bits per heavy atom. The van der Waals surface area contributed by atoms with Crippen molar-refractivity contribution < 1.29 is 9.60 Å². The van der Waals surface area contributed by atoms with Crippen molar-refractivity contribution in [2.45, 2.75) is 12.3 Å². The number of rotatable bonds is 2. The lowest BCUT2D eigenvalue weighted by atomic mass is 9.94. The minimum absolute atomic E-state index is 0.143. The van der Waals surface area contributed by atoms with Gasteiger partial charge in [0.15, 0.2) is 0 Å². The summed E-state index contributed by atoms with van der Waals surface area (Å²) in [6.45, 7) is 0. The molecule has 4 rings (SSSR count). The standard InChI is InChI=1S/C18H13FN2O2/c19-13-4-1-11(2-5-13)9-12-3-6-14-15-7-8-21(23)18(22)17(15)20-10-16(12)14/h1-8,10,12,23H,9H2. The smallest absolute Gasteiger partial charge is 0.309 e. The van der Waals surface area contributed by atoms with E-state index >= 15 is 0 Å². The van der Waals surface area contributed by atoms with Crippen LogP contribution in [0.15, 0.2) is 53.6 Å². The number of hydrogen-bond acceptors (Lipinski definition) is 3. The lowest BCUT2D eigenvalue weighted by Crippen LogP contribution is -2.18. The van der Waals surface area contributed by atoms with Gasteiger partial charge in [0.1, 0.15) is 11.3 Å². The first-order chi connectivity index (χ1) is 11.1. The van der Waals surface area contributed by atoms with Gasteiger partial charge in [0, 0.05) is 23.7 Å². The molecule has 1 aliphatic carbocycles. The molecular formula is C18H13FN2O2. The molecule has 0 bridgehead atoms. The van der Waals surface area contributed by atoms with Crippen LogP contribution in [-0.4, -0.2) is 14.9 Å². The summed E-state index contributed by atoms with van der Waals surface area (Å²) in [4.78, 5) is 16.1. The van der Waals surface area contributed by atoms with E-state index in [1.165, 1.54) is 18.3 Å². The Bertz CT molecular complexity index is 990. The molecule has 0 fully saturated rings. The van der Waals surface area contributed by atoms with Gasteiger partial charge in [-0.15, -0.1) is 0 Å². The molecule has 1 N–H and O–H groups in total. The summed E-state index contributed by atoms with van der Waals surface area (Å²) in [6, 6.07) is 8.15. The second-order valence-electron chi connectivity index (χ2n) is 5.65. The predicted molar refractivity (Wildman–Crippen MR) is 85.1 cm³/mol. The van der Waals surface area contributed by atoms with Crippen molar-refractivity contribution in [1.29, 1.82) is 0 Å². The Hall–Kier alpha value is -2.95. The van der Waals surface area contributed by atoms with E-state index < -0.39 is 5.56 Å². The summed E-state index contributed by atoms with van der Waals surface area (Å²) in [7, 11) is 0. The monoisotopic (exact) mass is 308 g/mol. The molecule has 114 valence electrons. The first kappa shape index (κ1) is 13.7. The minimum Gasteiger partial charge on any atom is -0.425 e. The van der Waals surface area contributed by atoms with Crippen LogP contribution in [-0.2, 0) is 6.42 Å². The molecule has 1 aromatic carbocycles. The lowest BCUT2D eigenvalue weighted by Gasteiger charge is -2.12.